The third kappa shape index (κ3) is 2.76. The third-order valence-electron chi connectivity index (χ3n) is 3.72. The number of nitro groups is 1. The summed E-state index contributed by atoms with van der Waals surface area (Å²) in [6.45, 7) is 0. The molecule has 0 aliphatic heterocycles. The second-order valence-electron chi connectivity index (χ2n) is 5.19. The van der Waals surface area contributed by atoms with Gasteiger partial charge in [0.25, 0.3) is 0 Å². The van der Waals surface area contributed by atoms with Crippen LogP contribution in [0.2, 0.25) is 5.02 Å². The summed E-state index contributed by atoms with van der Waals surface area (Å²) in [4.78, 5) is 14.8. The van der Waals surface area contributed by atoms with E-state index in [1.54, 1.807) is 18.2 Å². The summed E-state index contributed by atoms with van der Waals surface area (Å²) in [5.41, 5.74) is 0.862. The van der Waals surface area contributed by atoms with Crippen molar-refractivity contribution in [3.05, 3.63) is 39.5 Å². The number of benzene rings is 1. The second kappa shape index (κ2) is 5.44. The average Bonchev–Trinajstić information content (AvgIpc) is 2.84. The van der Waals surface area contributed by atoms with E-state index >= 15 is 0 Å². The fourth-order valence-electron chi connectivity index (χ4n) is 2.71. The minimum absolute atomic E-state index is 0.108. The number of aromatic nitrogens is 1. The van der Waals surface area contributed by atoms with Gasteiger partial charge in [0.05, 0.1) is 10.4 Å². The Hall–Kier alpha value is -1.95. The van der Waals surface area contributed by atoms with Gasteiger partial charge in [-0.15, -0.1) is 0 Å². The maximum atomic E-state index is 13.3. The molecular formula is C14H13ClFN3O2. The van der Waals surface area contributed by atoms with E-state index in [2.05, 4.69) is 10.3 Å². The van der Waals surface area contributed by atoms with Crippen LogP contribution in [0.25, 0.3) is 10.9 Å². The standard InChI is InChI=1S/C14H13ClFN3O2/c15-8-1-4-12-11(5-8)14(13(7-17-12)19(20)21)18-10-3-2-9(16)6-10/h1,4-5,7,9-10H,2-3,6H2,(H,17,18)/t9-,10?/m0/s1. The van der Waals surface area contributed by atoms with E-state index in [9.17, 15) is 14.5 Å². The molecule has 7 heteroatoms. The first-order chi connectivity index (χ1) is 10.0. The van der Waals surface area contributed by atoms with Crippen molar-refractivity contribution in [3.63, 3.8) is 0 Å². The number of nitrogens with zero attached hydrogens (tertiary/aromatic N) is 2. The molecule has 0 spiro atoms. The van der Waals surface area contributed by atoms with E-state index in [4.69, 9.17) is 11.6 Å². The fourth-order valence-corrected chi connectivity index (χ4v) is 2.88. The minimum atomic E-state index is -0.849. The summed E-state index contributed by atoms with van der Waals surface area (Å²) in [6.07, 6.45) is 1.87. The minimum Gasteiger partial charge on any atom is -0.376 e. The lowest BCUT2D eigenvalue weighted by molar-refractivity contribution is -0.384. The normalized spacial score (nSPS) is 21.6. The molecule has 0 saturated heterocycles. The molecule has 2 aromatic rings. The van der Waals surface area contributed by atoms with Crippen molar-refractivity contribution in [2.24, 2.45) is 0 Å². The van der Waals surface area contributed by atoms with Crippen molar-refractivity contribution >= 4 is 33.9 Å². The van der Waals surface area contributed by atoms with E-state index in [-0.39, 0.29) is 11.7 Å². The van der Waals surface area contributed by atoms with Gasteiger partial charge in [-0.3, -0.25) is 10.1 Å². The van der Waals surface area contributed by atoms with Crippen molar-refractivity contribution in [1.82, 2.24) is 4.98 Å². The number of nitrogens with one attached hydrogen (secondary N) is 1. The van der Waals surface area contributed by atoms with Crippen molar-refractivity contribution in [3.8, 4) is 0 Å². The molecule has 5 nitrogen and oxygen atoms in total. The van der Waals surface area contributed by atoms with Crippen molar-refractivity contribution < 1.29 is 9.31 Å². The molecule has 1 saturated carbocycles. The first-order valence-corrected chi connectivity index (χ1v) is 7.05. The SMILES string of the molecule is O=[N+]([O-])c1cnc2ccc(Cl)cc2c1NC1CC[C@H](F)C1. The number of anilines is 1. The van der Waals surface area contributed by atoms with Crippen molar-refractivity contribution in [2.75, 3.05) is 5.32 Å². The smallest absolute Gasteiger partial charge is 0.311 e. The van der Waals surface area contributed by atoms with Gasteiger partial charge in [-0.05, 0) is 37.5 Å². The zero-order valence-corrected chi connectivity index (χ0v) is 11.8. The maximum absolute atomic E-state index is 13.3. The molecule has 0 amide bonds. The maximum Gasteiger partial charge on any atom is 0.311 e. The molecule has 21 heavy (non-hydrogen) atoms. The average molecular weight is 310 g/mol. The number of fused-ring (bicyclic) bond motifs is 1. The lowest BCUT2D eigenvalue weighted by atomic mass is 10.1. The summed E-state index contributed by atoms with van der Waals surface area (Å²) in [5.74, 6) is 0. The Labute approximate surface area is 125 Å². The Bertz CT molecular complexity index is 710. The van der Waals surface area contributed by atoms with Crippen LogP contribution in [0.4, 0.5) is 15.8 Å². The highest BCUT2D eigenvalue weighted by Gasteiger charge is 2.27. The predicted octanol–water partition coefficient (Wildman–Crippen LogP) is 4.10. The monoisotopic (exact) mass is 309 g/mol. The lowest BCUT2D eigenvalue weighted by Gasteiger charge is -2.15. The Morgan fingerprint density at radius 2 is 2.24 bits per heavy atom. The summed E-state index contributed by atoms with van der Waals surface area (Å²) >= 11 is 5.98. The molecule has 1 heterocycles. The number of halogens is 2. The highest BCUT2D eigenvalue weighted by molar-refractivity contribution is 6.31. The van der Waals surface area contributed by atoms with Crippen LogP contribution in [0.5, 0.6) is 0 Å². The van der Waals surface area contributed by atoms with Crippen LogP contribution in [-0.2, 0) is 0 Å². The highest BCUT2D eigenvalue weighted by atomic mass is 35.5. The predicted molar refractivity (Wildman–Crippen MR) is 79.6 cm³/mol. The van der Waals surface area contributed by atoms with Crippen LogP contribution in [0.1, 0.15) is 19.3 Å². The topological polar surface area (TPSA) is 68.1 Å². The molecule has 0 radical (unpaired) electrons. The zero-order valence-electron chi connectivity index (χ0n) is 11.1. The molecule has 1 unspecified atom stereocenters. The van der Waals surface area contributed by atoms with Gasteiger partial charge in [0, 0.05) is 16.5 Å². The summed E-state index contributed by atoms with van der Waals surface area (Å²) in [5, 5.41) is 15.4. The van der Waals surface area contributed by atoms with Gasteiger partial charge in [-0.2, -0.15) is 0 Å². The number of alkyl halides is 1. The van der Waals surface area contributed by atoms with E-state index in [0.29, 0.717) is 40.9 Å². The Kier molecular flexibility index (Phi) is 3.63. The molecule has 1 aromatic carbocycles. The Balaban J connectivity index is 2.09. The van der Waals surface area contributed by atoms with Crippen LogP contribution in [0, 0.1) is 10.1 Å². The molecule has 1 aliphatic rings. The molecule has 0 bridgehead atoms. The van der Waals surface area contributed by atoms with Gasteiger partial charge in [-0.25, -0.2) is 9.37 Å². The van der Waals surface area contributed by atoms with Gasteiger partial charge >= 0.3 is 5.69 Å². The van der Waals surface area contributed by atoms with Crippen LogP contribution in [-0.4, -0.2) is 22.1 Å². The summed E-state index contributed by atoms with van der Waals surface area (Å²) in [6, 6.07) is 4.92. The highest BCUT2D eigenvalue weighted by Crippen LogP contribution is 2.35. The zero-order chi connectivity index (χ0) is 15.0. The van der Waals surface area contributed by atoms with E-state index in [1.807, 2.05) is 0 Å². The van der Waals surface area contributed by atoms with Crippen LogP contribution in [0.3, 0.4) is 0 Å². The molecule has 2 atom stereocenters. The molecular weight excluding hydrogens is 297 g/mol. The largest absolute Gasteiger partial charge is 0.376 e. The molecule has 1 aromatic heterocycles. The van der Waals surface area contributed by atoms with E-state index in [0.717, 1.165) is 0 Å². The Morgan fingerprint density at radius 1 is 1.43 bits per heavy atom. The summed E-state index contributed by atoms with van der Waals surface area (Å²) < 4.78 is 13.3. The van der Waals surface area contributed by atoms with Crippen LogP contribution in [0.15, 0.2) is 24.4 Å². The van der Waals surface area contributed by atoms with Gasteiger partial charge in [0.2, 0.25) is 0 Å². The third-order valence-corrected chi connectivity index (χ3v) is 3.96. The van der Waals surface area contributed by atoms with Gasteiger partial charge in [0.1, 0.15) is 18.1 Å². The number of hydrogen-bond donors (Lipinski definition) is 1. The van der Waals surface area contributed by atoms with Gasteiger partial charge in [0.15, 0.2) is 0 Å². The first kappa shape index (κ1) is 14.0. The summed E-state index contributed by atoms with van der Waals surface area (Å²) in [7, 11) is 0. The van der Waals surface area contributed by atoms with Crippen LogP contribution >= 0.6 is 11.6 Å². The molecule has 1 N–H and O–H groups in total. The molecule has 1 fully saturated rings. The van der Waals surface area contributed by atoms with Crippen molar-refractivity contribution in [2.45, 2.75) is 31.5 Å². The molecule has 3 rings (SSSR count). The number of rotatable bonds is 3. The fraction of sp³-hybridized carbons (Fsp3) is 0.357. The number of hydrogen-bond acceptors (Lipinski definition) is 4. The van der Waals surface area contributed by atoms with E-state index < -0.39 is 11.1 Å². The van der Waals surface area contributed by atoms with Gasteiger partial charge < -0.3 is 5.32 Å². The molecule has 110 valence electrons. The van der Waals surface area contributed by atoms with Gasteiger partial charge in [-0.1, -0.05) is 11.6 Å². The molecule has 1 aliphatic carbocycles. The quantitative estimate of drug-likeness (QED) is 0.684. The van der Waals surface area contributed by atoms with E-state index in [1.165, 1.54) is 6.20 Å². The second-order valence-corrected chi connectivity index (χ2v) is 5.63. The number of pyridine rings is 1. The van der Waals surface area contributed by atoms with Crippen LogP contribution < -0.4 is 5.32 Å². The Morgan fingerprint density at radius 3 is 2.90 bits per heavy atom. The first-order valence-electron chi connectivity index (χ1n) is 6.68. The van der Waals surface area contributed by atoms with Crippen molar-refractivity contribution in [1.29, 1.82) is 0 Å². The lowest BCUT2D eigenvalue weighted by Crippen LogP contribution is -2.17.